The summed E-state index contributed by atoms with van der Waals surface area (Å²) in [6.07, 6.45) is 4.91. The summed E-state index contributed by atoms with van der Waals surface area (Å²) >= 11 is 6.41. The van der Waals surface area contributed by atoms with Gasteiger partial charge in [-0.3, -0.25) is 20.4 Å². The standard InChI is InChI=1S/C19H22N4O3S3/c24-18(21-22-19(27)20-16-11-12-7-8-13(16)10-12)14-4-1-2-5-15(14)23-29(25,26)17-6-3-9-28-17/h1-6,9,12-13,16,23H,7-8,10-11H2,(H,21,24)(H2,20,22,27)/t12-,13-,16-/m0/s1. The fourth-order valence-corrected chi connectivity index (χ4v) is 6.46. The highest BCUT2D eigenvalue weighted by molar-refractivity contribution is 7.94. The molecule has 1 amide bonds. The number of rotatable bonds is 5. The Morgan fingerprint density at radius 3 is 2.59 bits per heavy atom. The maximum absolute atomic E-state index is 12.6. The summed E-state index contributed by atoms with van der Waals surface area (Å²) in [6, 6.07) is 9.96. The van der Waals surface area contributed by atoms with Gasteiger partial charge in [0.15, 0.2) is 5.11 Å². The van der Waals surface area contributed by atoms with E-state index < -0.39 is 15.9 Å². The van der Waals surface area contributed by atoms with Crippen LogP contribution in [-0.2, 0) is 10.0 Å². The Balaban J connectivity index is 1.37. The molecule has 2 aromatic rings. The number of thiocarbonyl (C=S) groups is 1. The van der Waals surface area contributed by atoms with Crippen LogP contribution in [0.5, 0.6) is 0 Å². The van der Waals surface area contributed by atoms with Crippen molar-refractivity contribution in [2.24, 2.45) is 11.8 Å². The smallest absolute Gasteiger partial charge is 0.271 e. The lowest BCUT2D eigenvalue weighted by Gasteiger charge is -2.24. The number of carbonyl (C=O) groups excluding carboxylic acids is 1. The largest absolute Gasteiger partial charge is 0.358 e. The minimum absolute atomic E-state index is 0.182. The Labute approximate surface area is 179 Å². The number of hydrogen-bond donors (Lipinski definition) is 4. The van der Waals surface area contributed by atoms with E-state index in [0.29, 0.717) is 17.1 Å². The number of benzene rings is 1. The van der Waals surface area contributed by atoms with Gasteiger partial charge >= 0.3 is 0 Å². The number of sulfonamides is 1. The van der Waals surface area contributed by atoms with Gasteiger partial charge in [-0.25, -0.2) is 8.42 Å². The zero-order chi connectivity index (χ0) is 20.4. The van der Waals surface area contributed by atoms with Crippen LogP contribution in [0.2, 0.25) is 0 Å². The van der Waals surface area contributed by atoms with Crippen LogP contribution in [0.3, 0.4) is 0 Å². The molecule has 0 aliphatic heterocycles. The lowest BCUT2D eigenvalue weighted by molar-refractivity contribution is 0.0944. The molecule has 2 aliphatic rings. The second-order valence-corrected chi connectivity index (χ2v) is 10.7. The van der Waals surface area contributed by atoms with Gasteiger partial charge in [0.2, 0.25) is 0 Å². The van der Waals surface area contributed by atoms with Crippen LogP contribution in [-0.4, -0.2) is 25.5 Å². The predicted octanol–water partition coefficient (Wildman–Crippen LogP) is 2.85. The summed E-state index contributed by atoms with van der Waals surface area (Å²) in [4.78, 5) is 12.6. The number of amides is 1. The molecule has 29 heavy (non-hydrogen) atoms. The van der Waals surface area contributed by atoms with Crippen molar-refractivity contribution in [3.63, 3.8) is 0 Å². The van der Waals surface area contributed by atoms with Gasteiger partial charge in [-0.1, -0.05) is 24.6 Å². The van der Waals surface area contributed by atoms with E-state index in [9.17, 15) is 13.2 Å². The third kappa shape index (κ3) is 4.54. The molecule has 154 valence electrons. The summed E-state index contributed by atoms with van der Waals surface area (Å²) in [5.41, 5.74) is 5.68. The second kappa shape index (κ2) is 8.29. The lowest BCUT2D eigenvalue weighted by atomic mass is 9.96. The zero-order valence-electron chi connectivity index (χ0n) is 15.6. The molecule has 1 heterocycles. The van der Waals surface area contributed by atoms with E-state index in [1.54, 1.807) is 35.7 Å². The molecular formula is C19H22N4O3S3. The highest BCUT2D eigenvalue weighted by Gasteiger charge is 2.39. The Hall–Kier alpha value is -2.17. The molecule has 3 atom stereocenters. The van der Waals surface area contributed by atoms with Crippen LogP contribution in [0, 0.1) is 11.8 Å². The maximum atomic E-state index is 12.6. The molecule has 4 N–H and O–H groups in total. The van der Waals surface area contributed by atoms with Crippen molar-refractivity contribution < 1.29 is 13.2 Å². The van der Waals surface area contributed by atoms with Gasteiger partial charge in [-0.05, 0) is 66.9 Å². The Bertz CT molecular complexity index is 1010. The maximum Gasteiger partial charge on any atom is 0.271 e. The van der Waals surface area contributed by atoms with E-state index in [-0.39, 0.29) is 15.5 Å². The molecule has 2 bridgehead atoms. The summed E-state index contributed by atoms with van der Waals surface area (Å²) < 4.78 is 27.6. The summed E-state index contributed by atoms with van der Waals surface area (Å²) in [5, 5.41) is 5.33. The van der Waals surface area contributed by atoms with E-state index >= 15 is 0 Å². The third-order valence-corrected chi connectivity index (χ3v) is 8.50. The first-order valence-electron chi connectivity index (χ1n) is 9.44. The topological polar surface area (TPSA) is 99.3 Å². The van der Waals surface area contributed by atoms with E-state index in [2.05, 4.69) is 20.9 Å². The summed E-state index contributed by atoms with van der Waals surface area (Å²) in [5.74, 6) is 0.965. The van der Waals surface area contributed by atoms with Crippen LogP contribution in [0.4, 0.5) is 5.69 Å². The van der Waals surface area contributed by atoms with Crippen LogP contribution < -0.4 is 20.9 Å². The molecule has 2 saturated carbocycles. The average molecular weight is 451 g/mol. The predicted molar refractivity (Wildman–Crippen MR) is 117 cm³/mol. The highest BCUT2D eigenvalue weighted by Crippen LogP contribution is 2.44. The first kappa shape index (κ1) is 20.1. The molecule has 0 radical (unpaired) electrons. The molecule has 0 saturated heterocycles. The van der Waals surface area contributed by atoms with Crippen molar-refractivity contribution in [2.45, 2.75) is 35.9 Å². The number of anilines is 1. The average Bonchev–Trinajstić information content (AvgIpc) is 3.44. The molecule has 1 aromatic carbocycles. The Morgan fingerprint density at radius 1 is 1.07 bits per heavy atom. The second-order valence-electron chi connectivity index (χ2n) is 7.42. The number of carbonyl (C=O) groups is 1. The minimum Gasteiger partial charge on any atom is -0.358 e. The van der Waals surface area contributed by atoms with Crippen molar-refractivity contribution >= 4 is 50.3 Å². The molecule has 10 heteroatoms. The van der Waals surface area contributed by atoms with Gasteiger partial charge < -0.3 is 5.32 Å². The number of hydrazine groups is 1. The molecule has 7 nitrogen and oxygen atoms in total. The van der Waals surface area contributed by atoms with Crippen LogP contribution in [0.25, 0.3) is 0 Å². The van der Waals surface area contributed by atoms with Crippen molar-refractivity contribution in [3.8, 4) is 0 Å². The molecule has 1 aromatic heterocycles. The number of fused-ring (bicyclic) bond motifs is 2. The fourth-order valence-electron chi connectivity index (χ4n) is 4.19. The summed E-state index contributed by atoms with van der Waals surface area (Å²) in [6.45, 7) is 0. The molecular weight excluding hydrogens is 428 g/mol. The Morgan fingerprint density at radius 2 is 1.90 bits per heavy atom. The molecule has 0 spiro atoms. The normalized spacial score (nSPS) is 22.8. The van der Waals surface area contributed by atoms with Gasteiger partial charge in [-0.15, -0.1) is 11.3 Å². The van der Waals surface area contributed by atoms with Crippen molar-refractivity contribution in [2.75, 3.05) is 4.72 Å². The number of hydrogen-bond acceptors (Lipinski definition) is 5. The van der Waals surface area contributed by atoms with E-state index in [1.165, 1.54) is 25.3 Å². The van der Waals surface area contributed by atoms with Gasteiger partial charge in [-0.2, -0.15) is 0 Å². The number of para-hydroxylation sites is 1. The van der Waals surface area contributed by atoms with E-state index in [0.717, 1.165) is 23.7 Å². The van der Waals surface area contributed by atoms with Crippen molar-refractivity contribution in [3.05, 3.63) is 47.3 Å². The lowest BCUT2D eigenvalue weighted by Crippen LogP contribution is -2.50. The first-order valence-corrected chi connectivity index (χ1v) is 12.2. The molecule has 2 fully saturated rings. The monoisotopic (exact) mass is 450 g/mol. The number of thiophene rings is 1. The van der Waals surface area contributed by atoms with Crippen LogP contribution in [0.15, 0.2) is 46.0 Å². The molecule has 2 aliphatic carbocycles. The highest BCUT2D eigenvalue weighted by atomic mass is 32.2. The molecule has 0 unspecified atom stereocenters. The van der Waals surface area contributed by atoms with Gasteiger partial charge in [0.05, 0.1) is 11.3 Å². The van der Waals surface area contributed by atoms with Crippen molar-refractivity contribution in [1.29, 1.82) is 0 Å². The van der Waals surface area contributed by atoms with Gasteiger partial charge in [0, 0.05) is 6.04 Å². The quantitative estimate of drug-likeness (QED) is 0.413. The third-order valence-electron chi connectivity index (χ3n) is 5.52. The van der Waals surface area contributed by atoms with E-state index in [1.807, 2.05) is 0 Å². The van der Waals surface area contributed by atoms with Crippen LogP contribution >= 0.6 is 23.6 Å². The zero-order valence-corrected chi connectivity index (χ0v) is 18.0. The van der Waals surface area contributed by atoms with Crippen molar-refractivity contribution in [1.82, 2.24) is 16.2 Å². The number of nitrogens with one attached hydrogen (secondary N) is 4. The minimum atomic E-state index is -3.75. The fraction of sp³-hybridized carbons (Fsp3) is 0.368. The van der Waals surface area contributed by atoms with Gasteiger partial charge in [0.25, 0.3) is 15.9 Å². The first-order chi connectivity index (χ1) is 13.9. The molecule has 4 rings (SSSR count). The van der Waals surface area contributed by atoms with Gasteiger partial charge in [0.1, 0.15) is 4.21 Å². The van der Waals surface area contributed by atoms with Crippen LogP contribution in [0.1, 0.15) is 36.0 Å². The van der Waals surface area contributed by atoms with E-state index in [4.69, 9.17) is 12.2 Å². The SMILES string of the molecule is O=C(NNC(=S)N[C@H]1C[C@H]2CC[C@H]1C2)c1ccccc1NS(=O)(=O)c1cccs1. The summed E-state index contributed by atoms with van der Waals surface area (Å²) in [7, 11) is -3.75. The Kier molecular flexibility index (Phi) is 5.75.